The summed E-state index contributed by atoms with van der Waals surface area (Å²) in [5.41, 5.74) is 3.75. The number of carbonyl (C=O) groups excluding carboxylic acids is 1. The minimum absolute atomic E-state index is 0.0209. The number of hydrogen-bond acceptors (Lipinski definition) is 3. The first-order valence-corrected chi connectivity index (χ1v) is 8.71. The van der Waals surface area contributed by atoms with Crippen molar-refractivity contribution in [3.63, 3.8) is 0 Å². The van der Waals surface area contributed by atoms with Crippen LogP contribution in [0.15, 0.2) is 59.6 Å². The van der Waals surface area contributed by atoms with Crippen LogP contribution in [-0.4, -0.2) is 29.7 Å². The molecular formula is C18H18N2OS. The van der Waals surface area contributed by atoms with Gasteiger partial charge in [-0.1, -0.05) is 48.5 Å². The van der Waals surface area contributed by atoms with Gasteiger partial charge in [-0.15, -0.1) is 0 Å². The van der Waals surface area contributed by atoms with Gasteiger partial charge in [0.25, 0.3) is 0 Å². The molecule has 1 heterocycles. The van der Waals surface area contributed by atoms with Gasteiger partial charge in [0.15, 0.2) is 0 Å². The Labute approximate surface area is 134 Å². The zero-order valence-electron chi connectivity index (χ0n) is 12.5. The summed E-state index contributed by atoms with van der Waals surface area (Å²) in [6, 6.07) is 17.6. The van der Waals surface area contributed by atoms with E-state index in [0.717, 1.165) is 34.7 Å². The van der Waals surface area contributed by atoms with Crippen molar-refractivity contribution in [2.75, 3.05) is 17.3 Å². The van der Waals surface area contributed by atoms with E-state index in [0.29, 0.717) is 0 Å². The van der Waals surface area contributed by atoms with Gasteiger partial charge >= 0.3 is 0 Å². The predicted molar refractivity (Wildman–Crippen MR) is 93.9 cm³/mol. The van der Waals surface area contributed by atoms with E-state index < -0.39 is 0 Å². The van der Waals surface area contributed by atoms with Crippen molar-refractivity contribution in [1.29, 1.82) is 0 Å². The molecule has 1 atom stereocenters. The molecule has 0 radical (unpaired) electrons. The maximum atomic E-state index is 12.4. The minimum atomic E-state index is -0.338. The van der Waals surface area contributed by atoms with Gasteiger partial charge in [0.1, 0.15) is 6.04 Å². The van der Waals surface area contributed by atoms with Gasteiger partial charge in [-0.3, -0.25) is 9.79 Å². The Morgan fingerprint density at radius 3 is 2.59 bits per heavy atom. The molecule has 0 saturated heterocycles. The van der Waals surface area contributed by atoms with Crippen LogP contribution >= 0.6 is 11.8 Å². The van der Waals surface area contributed by atoms with E-state index in [9.17, 15) is 4.79 Å². The van der Waals surface area contributed by atoms with E-state index in [2.05, 4.69) is 5.32 Å². The summed E-state index contributed by atoms with van der Waals surface area (Å²) in [4.78, 5) is 17.2. The van der Waals surface area contributed by atoms with Crippen LogP contribution < -0.4 is 5.32 Å². The number of para-hydroxylation sites is 1. The number of fused-ring (bicyclic) bond motifs is 1. The molecule has 1 aliphatic heterocycles. The van der Waals surface area contributed by atoms with Gasteiger partial charge in [0.05, 0.1) is 11.4 Å². The lowest BCUT2D eigenvalue weighted by Gasteiger charge is -2.10. The highest BCUT2D eigenvalue weighted by Gasteiger charge is 2.25. The van der Waals surface area contributed by atoms with Gasteiger partial charge in [-0.25, -0.2) is 0 Å². The molecule has 4 heteroatoms. The zero-order chi connectivity index (χ0) is 15.4. The highest BCUT2D eigenvalue weighted by atomic mass is 32.2. The smallest absolute Gasteiger partial charge is 0.249 e. The van der Waals surface area contributed by atoms with Gasteiger partial charge in [0, 0.05) is 11.1 Å². The Kier molecular flexibility index (Phi) is 4.59. The van der Waals surface area contributed by atoms with Crippen molar-refractivity contribution in [2.24, 2.45) is 4.99 Å². The van der Waals surface area contributed by atoms with Crippen LogP contribution in [0.5, 0.6) is 0 Å². The first-order valence-electron chi connectivity index (χ1n) is 7.32. The summed E-state index contributed by atoms with van der Waals surface area (Å²) >= 11 is 1.74. The van der Waals surface area contributed by atoms with Crippen LogP contribution in [-0.2, 0) is 4.79 Å². The fraction of sp³-hybridized carbons (Fsp3) is 0.222. The molecule has 2 aromatic carbocycles. The molecule has 1 N–H and O–H groups in total. The summed E-state index contributed by atoms with van der Waals surface area (Å²) in [6.07, 6.45) is 2.79. The molecular weight excluding hydrogens is 292 g/mol. The van der Waals surface area contributed by atoms with Crippen molar-refractivity contribution in [3.8, 4) is 0 Å². The van der Waals surface area contributed by atoms with Crippen molar-refractivity contribution in [1.82, 2.24) is 0 Å². The average Bonchev–Trinajstić information content (AvgIpc) is 2.70. The highest BCUT2D eigenvalue weighted by Crippen LogP contribution is 2.25. The molecule has 1 unspecified atom stereocenters. The number of benzene rings is 2. The second kappa shape index (κ2) is 6.79. The van der Waals surface area contributed by atoms with Crippen molar-refractivity contribution in [2.45, 2.75) is 12.5 Å². The Hall–Kier alpha value is -2.07. The van der Waals surface area contributed by atoms with Crippen LogP contribution in [0.3, 0.4) is 0 Å². The molecule has 22 heavy (non-hydrogen) atoms. The number of benzodiazepines with no additional fused rings is 1. The molecule has 1 aliphatic rings. The number of hydrogen-bond donors (Lipinski definition) is 1. The molecule has 112 valence electrons. The Morgan fingerprint density at radius 1 is 1.09 bits per heavy atom. The standard InChI is InChI=1S/C18H18N2OS/c1-22-12-11-16-18(21)20-15-10-6-5-9-14(15)17(19-16)13-7-3-2-4-8-13/h2-10,16H,11-12H2,1H3,(H,20,21). The summed E-state index contributed by atoms with van der Waals surface area (Å²) in [5, 5.41) is 3.02. The van der Waals surface area contributed by atoms with Crippen LogP contribution in [0.4, 0.5) is 5.69 Å². The molecule has 0 saturated carbocycles. The van der Waals surface area contributed by atoms with Crippen molar-refractivity contribution in [3.05, 3.63) is 65.7 Å². The maximum absolute atomic E-state index is 12.4. The lowest BCUT2D eigenvalue weighted by atomic mass is 10.0. The summed E-state index contributed by atoms with van der Waals surface area (Å²) in [7, 11) is 0. The van der Waals surface area contributed by atoms with Gasteiger partial charge in [-0.05, 0) is 24.5 Å². The number of amides is 1. The van der Waals surface area contributed by atoms with E-state index in [1.54, 1.807) is 11.8 Å². The van der Waals surface area contributed by atoms with Crippen molar-refractivity contribution < 1.29 is 4.79 Å². The number of thioether (sulfide) groups is 1. The van der Waals surface area contributed by atoms with E-state index in [4.69, 9.17) is 4.99 Å². The molecule has 0 fully saturated rings. The van der Waals surface area contributed by atoms with E-state index in [1.807, 2.05) is 60.9 Å². The zero-order valence-corrected chi connectivity index (χ0v) is 13.3. The van der Waals surface area contributed by atoms with E-state index >= 15 is 0 Å². The molecule has 0 aliphatic carbocycles. The Bertz CT molecular complexity index is 697. The second-order valence-electron chi connectivity index (χ2n) is 5.18. The molecule has 3 rings (SSSR count). The van der Waals surface area contributed by atoms with Gasteiger partial charge in [0.2, 0.25) is 5.91 Å². The lowest BCUT2D eigenvalue weighted by Crippen LogP contribution is -2.26. The largest absolute Gasteiger partial charge is 0.324 e. The molecule has 0 bridgehead atoms. The number of anilines is 1. The third-order valence-corrected chi connectivity index (χ3v) is 4.31. The molecule has 0 aromatic heterocycles. The van der Waals surface area contributed by atoms with E-state index in [1.165, 1.54) is 0 Å². The molecule has 3 nitrogen and oxygen atoms in total. The van der Waals surface area contributed by atoms with Crippen LogP contribution in [0, 0.1) is 0 Å². The second-order valence-corrected chi connectivity index (χ2v) is 6.16. The average molecular weight is 310 g/mol. The number of aliphatic imine (C=N–C) groups is 1. The number of nitrogens with one attached hydrogen (secondary N) is 1. The topological polar surface area (TPSA) is 41.5 Å². The van der Waals surface area contributed by atoms with Crippen LogP contribution in [0.2, 0.25) is 0 Å². The quantitative estimate of drug-likeness (QED) is 0.937. The number of nitrogens with zero attached hydrogens (tertiary/aromatic N) is 1. The monoisotopic (exact) mass is 310 g/mol. The molecule has 2 aromatic rings. The SMILES string of the molecule is CSCCC1N=C(c2ccccc2)c2ccccc2NC1=O. The molecule has 1 amide bonds. The number of carbonyl (C=O) groups is 1. The summed E-state index contributed by atoms with van der Waals surface area (Å²) < 4.78 is 0. The first-order chi connectivity index (χ1) is 10.8. The van der Waals surface area contributed by atoms with Crippen LogP contribution in [0.25, 0.3) is 0 Å². The Morgan fingerprint density at radius 2 is 1.82 bits per heavy atom. The van der Waals surface area contributed by atoms with E-state index in [-0.39, 0.29) is 11.9 Å². The lowest BCUT2D eigenvalue weighted by molar-refractivity contribution is -0.117. The summed E-state index contributed by atoms with van der Waals surface area (Å²) in [6.45, 7) is 0. The van der Waals surface area contributed by atoms with Crippen molar-refractivity contribution >= 4 is 29.1 Å². The molecule has 0 spiro atoms. The highest BCUT2D eigenvalue weighted by molar-refractivity contribution is 7.98. The normalized spacial score (nSPS) is 17.2. The maximum Gasteiger partial charge on any atom is 0.249 e. The fourth-order valence-electron chi connectivity index (χ4n) is 2.55. The van der Waals surface area contributed by atoms with Gasteiger partial charge in [-0.2, -0.15) is 11.8 Å². The third-order valence-electron chi connectivity index (χ3n) is 3.67. The fourth-order valence-corrected chi connectivity index (χ4v) is 3.01. The number of rotatable bonds is 4. The minimum Gasteiger partial charge on any atom is -0.324 e. The van der Waals surface area contributed by atoms with Gasteiger partial charge < -0.3 is 5.32 Å². The third kappa shape index (κ3) is 3.07. The predicted octanol–water partition coefficient (Wildman–Crippen LogP) is 3.60. The van der Waals surface area contributed by atoms with Crippen LogP contribution in [0.1, 0.15) is 17.5 Å². The summed E-state index contributed by atoms with van der Waals surface area (Å²) in [5.74, 6) is 0.896. The first kappa shape index (κ1) is 14.9. The Balaban J connectivity index is 2.09.